The molecule has 0 heterocycles. The summed E-state index contributed by atoms with van der Waals surface area (Å²) in [5, 5.41) is 11.4. The second-order valence-corrected chi connectivity index (χ2v) is 5.54. The number of rotatable bonds is 8. The molecule has 0 aliphatic heterocycles. The Balaban J connectivity index is 3.77. The van der Waals surface area contributed by atoms with Gasteiger partial charge in [-0.1, -0.05) is 0 Å². The minimum Gasteiger partial charge on any atom is -0.480 e. The Kier molecular flexibility index (Phi) is 6.46. The largest absolute Gasteiger partial charge is 0.480 e. The molecule has 15 heavy (non-hydrogen) atoms. The van der Waals surface area contributed by atoms with Crippen molar-refractivity contribution in [2.45, 2.75) is 12.5 Å². The summed E-state index contributed by atoms with van der Waals surface area (Å²) in [6, 6.07) is -0.783. The van der Waals surface area contributed by atoms with Crippen molar-refractivity contribution < 1.29 is 23.1 Å². The molecule has 0 bridgehead atoms. The molecule has 7 heteroatoms. The fraction of sp³-hybridized carbons (Fsp3) is 0.875. The van der Waals surface area contributed by atoms with Crippen LogP contribution >= 0.6 is 0 Å². The summed E-state index contributed by atoms with van der Waals surface area (Å²) in [5.41, 5.74) is 0. The maximum absolute atomic E-state index is 10.8. The zero-order chi connectivity index (χ0) is 11.9. The molecule has 0 fully saturated rings. The third-order valence-corrected chi connectivity index (χ3v) is 2.74. The van der Waals surface area contributed by atoms with Crippen molar-refractivity contribution in [3.05, 3.63) is 0 Å². The summed E-state index contributed by atoms with van der Waals surface area (Å²) < 4.78 is 26.2. The molecule has 1 unspecified atom stereocenters. The molecule has 0 aromatic heterocycles. The highest BCUT2D eigenvalue weighted by Gasteiger charge is 2.15. The molecule has 0 amide bonds. The number of nitrogens with one attached hydrogen (secondary N) is 1. The minimum atomic E-state index is -2.97. The maximum Gasteiger partial charge on any atom is 0.323 e. The van der Waals surface area contributed by atoms with Crippen LogP contribution in [0.15, 0.2) is 0 Å². The van der Waals surface area contributed by atoms with Crippen molar-refractivity contribution in [1.82, 2.24) is 5.32 Å². The molecule has 1 atom stereocenters. The number of carboxylic acids is 1. The third-order valence-electron chi connectivity index (χ3n) is 1.71. The number of carbonyl (C=O) groups is 1. The lowest BCUT2D eigenvalue weighted by atomic mass is 10.3. The number of hydrogen-bond acceptors (Lipinski definition) is 5. The van der Waals surface area contributed by atoms with E-state index >= 15 is 0 Å². The lowest BCUT2D eigenvalue weighted by Gasteiger charge is -2.12. The Bertz CT molecular complexity index is 287. The molecule has 0 aliphatic rings. The summed E-state index contributed by atoms with van der Waals surface area (Å²) in [6.45, 7) is 0.404. The first-order valence-corrected chi connectivity index (χ1v) is 6.55. The first kappa shape index (κ1) is 14.3. The van der Waals surface area contributed by atoms with E-state index < -0.39 is 21.8 Å². The molecular weight excluding hydrogens is 222 g/mol. The van der Waals surface area contributed by atoms with Crippen LogP contribution in [0.25, 0.3) is 0 Å². The van der Waals surface area contributed by atoms with Crippen LogP contribution in [0.5, 0.6) is 0 Å². The van der Waals surface area contributed by atoms with Gasteiger partial charge in [-0.25, -0.2) is 8.42 Å². The molecule has 0 aromatic rings. The van der Waals surface area contributed by atoms with Crippen molar-refractivity contribution in [2.24, 2.45) is 0 Å². The number of carboxylic acid groups (broad SMARTS) is 1. The Morgan fingerprint density at radius 2 is 2.13 bits per heavy atom. The van der Waals surface area contributed by atoms with Gasteiger partial charge >= 0.3 is 5.97 Å². The molecule has 6 nitrogen and oxygen atoms in total. The lowest BCUT2D eigenvalue weighted by molar-refractivity contribution is -0.140. The highest BCUT2D eigenvalue weighted by Crippen LogP contribution is 1.90. The van der Waals surface area contributed by atoms with E-state index in [1.165, 1.54) is 7.11 Å². The molecule has 90 valence electrons. The molecule has 2 N–H and O–H groups in total. The van der Waals surface area contributed by atoms with Gasteiger partial charge in [-0.05, 0) is 13.0 Å². The summed E-state index contributed by atoms with van der Waals surface area (Å²) in [6.07, 6.45) is 1.54. The average molecular weight is 239 g/mol. The van der Waals surface area contributed by atoms with Crippen LogP contribution in [-0.4, -0.2) is 57.8 Å². The maximum atomic E-state index is 10.8. The predicted octanol–water partition coefficient (Wildman–Crippen LogP) is -0.890. The zero-order valence-corrected chi connectivity index (χ0v) is 9.71. The van der Waals surface area contributed by atoms with Gasteiger partial charge in [-0.15, -0.1) is 0 Å². The fourth-order valence-corrected chi connectivity index (χ4v) is 1.66. The van der Waals surface area contributed by atoms with Gasteiger partial charge in [-0.3, -0.25) is 4.79 Å². The molecule has 0 aromatic carbocycles. The van der Waals surface area contributed by atoms with Crippen molar-refractivity contribution in [3.8, 4) is 0 Å². The normalized spacial score (nSPS) is 13.7. The highest BCUT2D eigenvalue weighted by molar-refractivity contribution is 7.90. The molecule has 0 radical (unpaired) electrons. The molecular formula is C8H17NO5S. The summed E-state index contributed by atoms with van der Waals surface area (Å²) in [4.78, 5) is 10.6. The van der Waals surface area contributed by atoms with Crippen LogP contribution < -0.4 is 5.32 Å². The van der Waals surface area contributed by atoms with Crippen LogP contribution in [-0.2, 0) is 19.4 Å². The number of ether oxygens (including phenoxy) is 1. The summed E-state index contributed by atoms with van der Waals surface area (Å²) in [7, 11) is -1.56. The van der Waals surface area contributed by atoms with E-state index in [0.717, 1.165) is 6.26 Å². The first-order valence-electron chi connectivity index (χ1n) is 4.49. The van der Waals surface area contributed by atoms with Gasteiger partial charge in [0.15, 0.2) is 0 Å². The van der Waals surface area contributed by atoms with Crippen molar-refractivity contribution >= 4 is 15.8 Å². The molecule has 0 saturated heterocycles. The van der Waals surface area contributed by atoms with E-state index in [2.05, 4.69) is 5.32 Å². The van der Waals surface area contributed by atoms with Gasteiger partial charge in [0.25, 0.3) is 0 Å². The van der Waals surface area contributed by atoms with Crippen LogP contribution in [0, 0.1) is 0 Å². The van der Waals surface area contributed by atoms with Crippen molar-refractivity contribution in [2.75, 3.05) is 32.3 Å². The first-order chi connectivity index (χ1) is 6.87. The van der Waals surface area contributed by atoms with E-state index in [-0.39, 0.29) is 12.4 Å². The Morgan fingerprint density at radius 3 is 2.53 bits per heavy atom. The summed E-state index contributed by atoms with van der Waals surface area (Å²) in [5.74, 6) is -0.949. The van der Waals surface area contributed by atoms with Gasteiger partial charge in [0.05, 0.1) is 12.4 Å². The Hall–Kier alpha value is -0.660. The topological polar surface area (TPSA) is 92.7 Å². The van der Waals surface area contributed by atoms with Crippen LogP contribution in [0.1, 0.15) is 6.42 Å². The quantitative estimate of drug-likeness (QED) is 0.534. The van der Waals surface area contributed by atoms with E-state index in [4.69, 9.17) is 9.84 Å². The molecule has 0 rings (SSSR count). The Labute approximate surface area is 89.5 Å². The van der Waals surface area contributed by atoms with Gasteiger partial charge in [0.2, 0.25) is 0 Å². The van der Waals surface area contributed by atoms with Crippen LogP contribution in [0.4, 0.5) is 0 Å². The lowest BCUT2D eigenvalue weighted by Crippen LogP contribution is -2.41. The van der Waals surface area contributed by atoms with Gasteiger partial charge < -0.3 is 15.2 Å². The second-order valence-electron chi connectivity index (χ2n) is 3.28. The summed E-state index contributed by atoms with van der Waals surface area (Å²) >= 11 is 0. The zero-order valence-electron chi connectivity index (χ0n) is 8.89. The van der Waals surface area contributed by atoms with E-state index in [1.807, 2.05) is 0 Å². The number of hydrogen-bond donors (Lipinski definition) is 2. The highest BCUT2D eigenvalue weighted by atomic mass is 32.2. The molecule has 0 aliphatic carbocycles. The van der Waals surface area contributed by atoms with Crippen molar-refractivity contribution in [3.63, 3.8) is 0 Å². The standard InChI is InChI=1S/C8H17NO5S/c1-14-6-7(8(10)11)9-4-3-5-15(2,12)13/h7,9H,3-6H2,1-2H3,(H,10,11). The van der Waals surface area contributed by atoms with E-state index in [1.54, 1.807) is 0 Å². The third kappa shape index (κ3) is 8.34. The second kappa shape index (κ2) is 6.76. The fourth-order valence-electron chi connectivity index (χ4n) is 0.995. The number of sulfone groups is 1. The van der Waals surface area contributed by atoms with Gasteiger partial charge in [-0.2, -0.15) is 0 Å². The smallest absolute Gasteiger partial charge is 0.323 e. The molecule has 0 spiro atoms. The number of methoxy groups -OCH3 is 1. The predicted molar refractivity (Wildman–Crippen MR) is 55.6 cm³/mol. The van der Waals surface area contributed by atoms with Gasteiger partial charge in [0.1, 0.15) is 15.9 Å². The van der Waals surface area contributed by atoms with Gasteiger partial charge in [0, 0.05) is 13.4 Å². The minimum absolute atomic E-state index is 0.0549. The Morgan fingerprint density at radius 1 is 1.53 bits per heavy atom. The van der Waals surface area contributed by atoms with E-state index in [9.17, 15) is 13.2 Å². The SMILES string of the molecule is COCC(NCCCS(C)(=O)=O)C(=O)O. The van der Waals surface area contributed by atoms with Crippen molar-refractivity contribution in [1.29, 1.82) is 0 Å². The monoisotopic (exact) mass is 239 g/mol. The van der Waals surface area contributed by atoms with E-state index in [0.29, 0.717) is 13.0 Å². The average Bonchev–Trinajstić information content (AvgIpc) is 2.08. The van der Waals surface area contributed by atoms with Crippen LogP contribution in [0.2, 0.25) is 0 Å². The van der Waals surface area contributed by atoms with Crippen LogP contribution in [0.3, 0.4) is 0 Å². The number of aliphatic carboxylic acids is 1. The molecule has 0 saturated carbocycles.